The minimum absolute atomic E-state index is 0.156. The molecule has 0 aliphatic carbocycles. The number of aromatic nitrogens is 1. The lowest BCUT2D eigenvalue weighted by Crippen LogP contribution is -2.49. The second kappa shape index (κ2) is 10.5. The molecule has 0 atom stereocenters. The number of hydrogen-bond donors (Lipinski definition) is 2. The van der Waals surface area contributed by atoms with Gasteiger partial charge in [0, 0.05) is 57.2 Å². The molecular weight excluding hydrogens is 418 g/mol. The normalized spacial score (nSPS) is 15.4. The molecule has 1 aliphatic heterocycles. The number of carbonyl (C=O) groups is 2. The van der Waals surface area contributed by atoms with Crippen molar-refractivity contribution in [2.45, 2.75) is 24.8 Å². The zero-order valence-electron chi connectivity index (χ0n) is 17.5. The second-order valence-corrected chi connectivity index (χ2v) is 9.20. The predicted molar refractivity (Wildman–Crippen MR) is 117 cm³/mol. The summed E-state index contributed by atoms with van der Waals surface area (Å²) >= 11 is 0. The SMILES string of the molecule is CCC(=O)CN1CCN(S(=O)(=O)c2ccc(NC(=O)NCc3cccnc3)cc2)CC1. The van der Waals surface area contributed by atoms with Crippen LogP contribution in [0.1, 0.15) is 18.9 Å². The molecule has 0 saturated carbocycles. The van der Waals surface area contributed by atoms with Gasteiger partial charge in [-0.2, -0.15) is 4.31 Å². The highest BCUT2D eigenvalue weighted by Crippen LogP contribution is 2.20. The Balaban J connectivity index is 1.53. The molecule has 1 aliphatic rings. The van der Waals surface area contributed by atoms with E-state index in [1.165, 1.54) is 16.4 Å². The van der Waals surface area contributed by atoms with E-state index in [1.54, 1.807) is 30.6 Å². The average molecular weight is 446 g/mol. The van der Waals surface area contributed by atoms with Crippen molar-refractivity contribution in [2.75, 3.05) is 38.0 Å². The number of ketones is 1. The number of pyridine rings is 1. The number of hydrogen-bond acceptors (Lipinski definition) is 6. The van der Waals surface area contributed by atoms with Crippen LogP contribution < -0.4 is 10.6 Å². The Bertz CT molecular complexity index is 988. The fourth-order valence-electron chi connectivity index (χ4n) is 3.21. The van der Waals surface area contributed by atoms with Crippen molar-refractivity contribution in [3.63, 3.8) is 0 Å². The van der Waals surface area contributed by atoms with Crippen LogP contribution in [-0.2, 0) is 21.4 Å². The molecule has 1 aromatic carbocycles. The summed E-state index contributed by atoms with van der Waals surface area (Å²) in [4.78, 5) is 29.8. The number of Topliss-reactive ketones (excluding diaryl/α,β-unsaturated/α-hetero) is 1. The van der Waals surface area contributed by atoms with E-state index in [0.717, 1.165) is 5.56 Å². The van der Waals surface area contributed by atoms with Gasteiger partial charge in [-0.3, -0.25) is 14.7 Å². The topological polar surface area (TPSA) is 112 Å². The highest BCUT2D eigenvalue weighted by Gasteiger charge is 2.28. The molecule has 1 saturated heterocycles. The van der Waals surface area contributed by atoms with E-state index < -0.39 is 16.1 Å². The number of benzene rings is 1. The molecule has 2 heterocycles. The molecule has 10 heteroatoms. The Kier molecular flexibility index (Phi) is 7.72. The first-order valence-electron chi connectivity index (χ1n) is 10.2. The Morgan fingerprint density at radius 3 is 2.39 bits per heavy atom. The second-order valence-electron chi connectivity index (χ2n) is 7.27. The summed E-state index contributed by atoms with van der Waals surface area (Å²) in [5.74, 6) is 0.156. The lowest BCUT2D eigenvalue weighted by atomic mass is 10.2. The number of piperazine rings is 1. The lowest BCUT2D eigenvalue weighted by molar-refractivity contribution is -0.120. The van der Waals surface area contributed by atoms with Gasteiger partial charge in [0.1, 0.15) is 5.78 Å². The third-order valence-corrected chi connectivity index (χ3v) is 6.96. The fraction of sp³-hybridized carbons (Fsp3) is 0.381. The summed E-state index contributed by atoms with van der Waals surface area (Å²) in [6.07, 6.45) is 3.81. The maximum atomic E-state index is 12.9. The minimum Gasteiger partial charge on any atom is -0.334 e. The Hall–Kier alpha value is -2.82. The number of nitrogens with zero attached hydrogens (tertiary/aromatic N) is 3. The van der Waals surface area contributed by atoms with Crippen molar-refractivity contribution in [3.8, 4) is 0 Å². The largest absolute Gasteiger partial charge is 0.334 e. The van der Waals surface area contributed by atoms with Crippen LogP contribution in [0.4, 0.5) is 10.5 Å². The number of amides is 2. The van der Waals surface area contributed by atoms with Gasteiger partial charge < -0.3 is 10.6 Å². The third kappa shape index (κ3) is 6.33. The van der Waals surface area contributed by atoms with E-state index in [1.807, 2.05) is 17.9 Å². The summed E-state index contributed by atoms with van der Waals surface area (Å²) in [5.41, 5.74) is 1.36. The van der Waals surface area contributed by atoms with Crippen molar-refractivity contribution in [2.24, 2.45) is 0 Å². The van der Waals surface area contributed by atoms with Gasteiger partial charge in [-0.05, 0) is 35.9 Å². The molecule has 1 fully saturated rings. The first kappa shape index (κ1) is 22.9. The third-order valence-electron chi connectivity index (χ3n) is 5.05. The average Bonchev–Trinajstić information content (AvgIpc) is 2.79. The van der Waals surface area contributed by atoms with Crippen LogP contribution in [0.15, 0.2) is 53.7 Å². The molecule has 2 aromatic rings. The highest BCUT2D eigenvalue weighted by atomic mass is 32.2. The number of anilines is 1. The standard InChI is InChI=1S/C21H27N5O4S/c1-2-19(27)16-25-10-12-26(13-11-25)31(29,30)20-7-5-18(6-8-20)24-21(28)23-15-17-4-3-9-22-14-17/h3-9,14H,2,10-13,15-16H2,1H3,(H2,23,24,28). The van der Waals surface area contributed by atoms with E-state index in [-0.39, 0.29) is 10.7 Å². The summed E-state index contributed by atoms with van der Waals surface area (Å²) in [5, 5.41) is 5.40. The molecule has 3 rings (SSSR count). The van der Waals surface area contributed by atoms with E-state index in [2.05, 4.69) is 15.6 Å². The smallest absolute Gasteiger partial charge is 0.319 e. The van der Waals surface area contributed by atoms with E-state index in [4.69, 9.17) is 0 Å². The number of sulfonamides is 1. The van der Waals surface area contributed by atoms with Crippen molar-refractivity contribution in [1.82, 2.24) is 19.5 Å². The molecule has 166 valence electrons. The summed E-state index contributed by atoms with van der Waals surface area (Å²) < 4.78 is 27.2. The van der Waals surface area contributed by atoms with Gasteiger partial charge in [0.15, 0.2) is 0 Å². The molecule has 2 amide bonds. The van der Waals surface area contributed by atoms with Crippen molar-refractivity contribution >= 4 is 27.5 Å². The number of carbonyl (C=O) groups excluding carboxylic acids is 2. The molecular formula is C21H27N5O4S. The van der Waals surface area contributed by atoms with Crippen LogP contribution >= 0.6 is 0 Å². The highest BCUT2D eigenvalue weighted by molar-refractivity contribution is 7.89. The molecule has 0 spiro atoms. The maximum absolute atomic E-state index is 12.9. The van der Waals surface area contributed by atoms with Crippen molar-refractivity contribution in [1.29, 1.82) is 0 Å². The zero-order valence-corrected chi connectivity index (χ0v) is 18.3. The van der Waals surface area contributed by atoms with Crippen LogP contribution in [0.3, 0.4) is 0 Å². The van der Waals surface area contributed by atoms with Gasteiger partial charge in [0.25, 0.3) is 0 Å². The summed E-state index contributed by atoms with van der Waals surface area (Å²) in [7, 11) is -3.62. The van der Waals surface area contributed by atoms with Crippen LogP contribution in [-0.4, -0.2) is 67.1 Å². The molecule has 2 N–H and O–H groups in total. The monoisotopic (exact) mass is 445 g/mol. The van der Waals surface area contributed by atoms with Gasteiger partial charge in [-0.1, -0.05) is 13.0 Å². The van der Waals surface area contributed by atoms with Gasteiger partial charge in [-0.15, -0.1) is 0 Å². The van der Waals surface area contributed by atoms with Crippen molar-refractivity contribution < 1.29 is 18.0 Å². The molecule has 1 aromatic heterocycles. The summed E-state index contributed by atoms with van der Waals surface area (Å²) in [6, 6.07) is 9.35. The van der Waals surface area contributed by atoms with Gasteiger partial charge >= 0.3 is 6.03 Å². The Morgan fingerprint density at radius 1 is 1.06 bits per heavy atom. The van der Waals surface area contributed by atoms with Crippen LogP contribution in [0, 0.1) is 0 Å². The molecule has 31 heavy (non-hydrogen) atoms. The number of nitrogens with one attached hydrogen (secondary N) is 2. The maximum Gasteiger partial charge on any atom is 0.319 e. The van der Waals surface area contributed by atoms with E-state index in [9.17, 15) is 18.0 Å². The zero-order chi connectivity index (χ0) is 22.3. The van der Waals surface area contributed by atoms with E-state index in [0.29, 0.717) is 51.4 Å². The molecule has 0 bridgehead atoms. The van der Waals surface area contributed by atoms with Gasteiger partial charge in [-0.25, -0.2) is 13.2 Å². The molecule has 9 nitrogen and oxygen atoms in total. The van der Waals surface area contributed by atoms with Crippen LogP contribution in [0.2, 0.25) is 0 Å². The van der Waals surface area contributed by atoms with Gasteiger partial charge in [0.05, 0.1) is 11.4 Å². The molecule has 0 unspecified atom stereocenters. The summed E-state index contributed by atoms with van der Waals surface area (Å²) in [6.45, 7) is 4.27. The number of urea groups is 1. The first-order chi connectivity index (χ1) is 14.9. The first-order valence-corrected chi connectivity index (χ1v) is 11.6. The molecule has 0 radical (unpaired) electrons. The van der Waals surface area contributed by atoms with Crippen molar-refractivity contribution in [3.05, 3.63) is 54.4 Å². The van der Waals surface area contributed by atoms with Crippen LogP contribution in [0.25, 0.3) is 0 Å². The quantitative estimate of drug-likeness (QED) is 0.640. The number of rotatable bonds is 8. The minimum atomic E-state index is -3.62. The Morgan fingerprint density at radius 2 is 1.77 bits per heavy atom. The predicted octanol–water partition coefficient (Wildman–Crippen LogP) is 1.69. The fourth-order valence-corrected chi connectivity index (χ4v) is 4.63. The van der Waals surface area contributed by atoms with Crippen LogP contribution in [0.5, 0.6) is 0 Å². The van der Waals surface area contributed by atoms with Gasteiger partial charge in [0.2, 0.25) is 10.0 Å². The Labute approximate surface area is 182 Å². The van der Waals surface area contributed by atoms with E-state index >= 15 is 0 Å². The lowest BCUT2D eigenvalue weighted by Gasteiger charge is -2.33.